The summed E-state index contributed by atoms with van der Waals surface area (Å²) in [4.78, 5) is 0. The summed E-state index contributed by atoms with van der Waals surface area (Å²) in [6, 6.07) is 7.95. The number of halogens is 2. The van der Waals surface area contributed by atoms with Crippen LogP contribution in [-0.2, 0) is 6.54 Å². The zero-order chi connectivity index (χ0) is 11.5. The maximum Gasteiger partial charge on any atom is 0.125 e. The van der Waals surface area contributed by atoms with E-state index in [2.05, 4.69) is 5.32 Å². The van der Waals surface area contributed by atoms with Crippen molar-refractivity contribution < 1.29 is 8.81 Å². The molecule has 84 valence electrons. The van der Waals surface area contributed by atoms with Gasteiger partial charge in [0.05, 0.1) is 17.3 Å². The standard InChI is InChI=1S/C12H11ClFNO/c1-8-2-4-10(16-8)7-15-12-6-9(14)3-5-11(12)13/h2-6,15H,7H2,1H3. The van der Waals surface area contributed by atoms with Gasteiger partial charge in [-0.1, -0.05) is 11.6 Å². The molecule has 1 heterocycles. The second kappa shape index (κ2) is 4.58. The molecule has 2 aromatic rings. The highest BCUT2D eigenvalue weighted by Crippen LogP contribution is 2.23. The Balaban J connectivity index is 2.07. The van der Waals surface area contributed by atoms with E-state index < -0.39 is 0 Å². The van der Waals surface area contributed by atoms with Crippen LogP contribution in [0.1, 0.15) is 11.5 Å². The Hall–Kier alpha value is -1.48. The van der Waals surface area contributed by atoms with Crippen LogP contribution in [0.4, 0.5) is 10.1 Å². The van der Waals surface area contributed by atoms with Crippen LogP contribution in [0.15, 0.2) is 34.7 Å². The van der Waals surface area contributed by atoms with E-state index in [9.17, 15) is 4.39 Å². The minimum absolute atomic E-state index is 0.317. The third kappa shape index (κ3) is 2.55. The van der Waals surface area contributed by atoms with Gasteiger partial charge in [0.1, 0.15) is 17.3 Å². The van der Waals surface area contributed by atoms with Crippen molar-refractivity contribution in [3.05, 3.63) is 52.7 Å². The number of benzene rings is 1. The lowest BCUT2D eigenvalue weighted by molar-refractivity contribution is 0.490. The Morgan fingerprint density at radius 2 is 2.12 bits per heavy atom. The first-order valence-electron chi connectivity index (χ1n) is 4.89. The number of rotatable bonds is 3. The molecule has 2 nitrogen and oxygen atoms in total. The number of hydrogen-bond acceptors (Lipinski definition) is 2. The average molecular weight is 240 g/mol. The van der Waals surface area contributed by atoms with Crippen LogP contribution in [0.25, 0.3) is 0 Å². The molecule has 1 N–H and O–H groups in total. The summed E-state index contributed by atoms with van der Waals surface area (Å²) in [5, 5.41) is 3.51. The van der Waals surface area contributed by atoms with E-state index in [0.717, 1.165) is 11.5 Å². The van der Waals surface area contributed by atoms with Crippen LogP contribution >= 0.6 is 11.6 Å². The molecule has 1 aromatic heterocycles. The van der Waals surface area contributed by atoms with Crippen molar-refractivity contribution in [2.24, 2.45) is 0 Å². The Morgan fingerprint density at radius 3 is 2.81 bits per heavy atom. The van der Waals surface area contributed by atoms with Gasteiger partial charge in [-0.25, -0.2) is 4.39 Å². The van der Waals surface area contributed by atoms with Gasteiger partial charge in [-0.3, -0.25) is 0 Å². The minimum Gasteiger partial charge on any atom is -0.465 e. The summed E-state index contributed by atoms with van der Waals surface area (Å²) in [6.07, 6.45) is 0. The molecular weight excluding hydrogens is 229 g/mol. The molecule has 1 aromatic carbocycles. The third-order valence-corrected chi connectivity index (χ3v) is 2.51. The van der Waals surface area contributed by atoms with Gasteiger partial charge < -0.3 is 9.73 Å². The monoisotopic (exact) mass is 239 g/mol. The van der Waals surface area contributed by atoms with E-state index in [0.29, 0.717) is 17.3 Å². The Bertz CT molecular complexity index is 496. The van der Waals surface area contributed by atoms with Gasteiger partial charge in [0, 0.05) is 0 Å². The normalized spacial score (nSPS) is 10.4. The maximum atomic E-state index is 13.0. The van der Waals surface area contributed by atoms with E-state index >= 15 is 0 Å². The molecule has 4 heteroatoms. The zero-order valence-electron chi connectivity index (χ0n) is 8.76. The molecule has 0 radical (unpaired) electrons. The lowest BCUT2D eigenvalue weighted by Gasteiger charge is -2.06. The van der Waals surface area contributed by atoms with Gasteiger partial charge in [-0.15, -0.1) is 0 Å². The third-order valence-electron chi connectivity index (χ3n) is 2.18. The fourth-order valence-corrected chi connectivity index (χ4v) is 1.58. The second-order valence-corrected chi connectivity index (χ2v) is 3.90. The van der Waals surface area contributed by atoms with E-state index in [1.807, 2.05) is 19.1 Å². The molecule has 16 heavy (non-hydrogen) atoms. The topological polar surface area (TPSA) is 25.2 Å². The lowest BCUT2D eigenvalue weighted by Crippen LogP contribution is -1.99. The molecule has 0 amide bonds. The van der Waals surface area contributed by atoms with Crippen LogP contribution in [0.5, 0.6) is 0 Å². The lowest BCUT2D eigenvalue weighted by atomic mass is 10.3. The van der Waals surface area contributed by atoms with Gasteiger partial charge in [0.25, 0.3) is 0 Å². The van der Waals surface area contributed by atoms with Crippen molar-refractivity contribution in [1.29, 1.82) is 0 Å². The van der Waals surface area contributed by atoms with Gasteiger partial charge in [0.2, 0.25) is 0 Å². The minimum atomic E-state index is -0.317. The molecule has 0 aliphatic carbocycles. The average Bonchev–Trinajstić information content (AvgIpc) is 2.66. The highest BCUT2D eigenvalue weighted by Gasteiger charge is 2.03. The van der Waals surface area contributed by atoms with Crippen molar-refractivity contribution in [2.45, 2.75) is 13.5 Å². The number of furan rings is 1. The van der Waals surface area contributed by atoms with Crippen molar-refractivity contribution in [2.75, 3.05) is 5.32 Å². The smallest absolute Gasteiger partial charge is 0.125 e. The second-order valence-electron chi connectivity index (χ2n) is 3.49. The largest absolute Gasteiger partial charge is 0.465 e. The highest BCUT2D eigenvalue weighted by atomic mass is 35.5. The number of hydrogen-bond donors (Lipinski definition) is 1. The molecule has 2 rings (SSSR count). The van der Waals surface area contributed by atoms with E-state index in [-0.39, 0.29) is 5.82 Å². The Kier molecular flexibility index (Phi) is 3.15. The van der Waals surface area contributed by atoms with Crippen LogP contribution in [0, 0.1) is 12.7 Å². The van der Waals surface area contributed by atoms with Crippen molar-refractivity contribution in [3.63, 3.8) is 0 Å². The van der Waals surface area contributed by atoms with Gasteiger partial charge in [-0.2, -0.15) is 0 Å². The zero-order valence-corrected chi connectivity index (χ0v) is 9.51. The molecular formula is C12H11ClFNO. The summed E-state index contributed by atoms with van der Waals surface area (Å²) in [5.41, 5.74) is 0.565. The highest BCUT2D eigenvalue weighted by molar-refractivity contribution is 6.33. The predicted octanol–water partition coefficient (Wildman–Crippen LogP) is 3.99. The van der Waals surface area contributed by atoms with Crippen molar-refractivity contribution in [1.82, 2.24) is 0 Å². The van der Waals surface area contributed by atoms with Gasteiger partial charge in [-0.05, 0) is 37.3 Å². The first-order valence-corrected chi connectivity index (χ1v) is 5.27. The first-order chi connectivity index (χ1) is 7.65. The van der Waals surface area contributed by atoms with Crippen LogP contribution in [0.3, 0.4) is 0 Å². The number of nitrogens with one attached hydrogen (secondary N) is 1. The fraction of sp³-hybridized carbons (Fsp3) is 0.167. The summed E-state index contributed by atoms with van der Waals surface area (Å²) in [6.45, 7) is 2.36. The molecule has 0 saturated heterocycles. The van der Waals surface area contributed by atoms with E-state index in [1.54, 1.807) is 0 Å². The van der Waals surface area contributed by atoms with E-state index in [1.165, 1.54) is 18.2 Å². The molecule has 0 saturated carbocycles. The molecule has 0 aliphatic rings. The number of anilines is 1. The van der Waals surface area contributed by atoms with Crippen molar-refractivity contribution >= 4 is 17.3 Å². The predicted molar refractivity (Wildman–Crippen MR) is 62.2 cm³/mol. The molecule has 0 bridgehead atoms. The van der Waals surface area contributed by atoms with Gasteiger partial charge in [0.15, 0.2) is 0 Å². The fourth-order valence-electron chi connectivity index (χ4n) is 1.40. The molecule has 0 spiro atoms. The molecule has 0 unspecified atom stereocenters. The summed E-state index contributed by atoms with van der Waals surface area (Å²) >= 11 is 5.91. The van der Waals surface area contributed by atoms with Crippen LogP contribution in [0.2, 0.25) is 5.02 Å². The quantitative estimate of drug-likeness (QED) is 0.876. The maximum absolute atomic E-state index is 13.0. The first kappa shape index (κ1) is 11.0. The summed E-state index contributed by atoms with van der Waals surface area (Å²) in [7, 11) is 0. The number of aryl methyl sites for hydroxylation is 1. The van der Waals surface area contributed by atoms with Crippen LogP contribution < -0.4 is 5.32 Å². The van der Waals surface area contributed by atoms with Gasteiger partial charge >= 0.3 is 0 Å². The molecule has 0 aliphatic heterocycles. The van der Waals surface area contributed by atoms with Crippen LogP contribution in [-0.4, -0.2) is 0 Å². The Morgan fingerprint density at radius 1 is 1.31 bits per heavy atom. The van der Waals surface area contributed by atoms with Crippen molar-refractivity contribution in [3.8, 4) is 0 Å². The summed E-state index contributed by atoms with van der Waals surface area (Å²) in [5.74, 6) is 1.32. The Labute approximate surface area is 98.0 Å². The van der Waals surface area contributed by atoms with E-state index in [4.69, 9.17) is 16.0 Å². The SMILES string of the molecule is Cc1ccc(CNc2cc(F)ccc2Cl)o1. The molecule has 0 atom stereocenters. The summed E-state index contributed by atoms with van der Waals surface area (Å²) < 4.78 is 18.3. The molecule has 0 fully saturated rings.